The molecule has 0 radical (unpaired) electrons. The monoisotopic (exact) mass is 231 g/mol. The van der Waals surface area contributed by atoms with Crippen molar-refractivity contribution in [2.24, 2.45) is 10.9 Å². The van der Waals surface area contributed by atoms with Crippen molar-refractivity contribution >= 4 is 23.6 Å². The van der Waals surface area contributed by atoms with Gasteiger partial charge in [-0.2, -0.15) is 0 Å². The third kappa shape index (κ3) is 2.20. The minimum absolute atomic E-state index is 0.227. The molecule has 1 atom stereocenters. The van der Waals surface area contributed by atoms with Gasteiger partial charge in [-0.25, -0.2) is 9.79 Å². The van der Waals surface area contributed by atoms with Crippen LogP contribution in [0.1, 0.15) is 0 Å². The predicted octanol–water partition coefficient (Wildman–Crippen LogP) is -0.767. The maximum atomic E-state index is 11.4. The lowest BCUT2D eigenvalue weighted by molar-refractivity contribution is -0.222. The Morgan fingerprint density at radius 3 is 2.59 bits per heavy atom. The molecule has 1 aliphatic carbocycles. The van der Waals surface area contributed by atoms with Gasteiger partial charge in [-0.15, -0.1) is 0 Å². The Bertz CT molecular complexity index is 526. The van der Waals surface area contributed by atoms with Crippen LogP contribution in [0.15, 0.2) is 40.9 Å². The van der Waals surface area contributed by atoms with Gasteiger partial charge in [0.1, 0.15) is 0 Å². The van der Waals surface area contributed by atoms with E-state index in [4.69, 9.17) is 0 Å². The topological polar surface area (TPSA) is 98.7 Å². The Hall–Kier alpha value is -2.50. The normalized spacial score (nSPS) is 26.1. The van der Waals surface area contributed by atoms with E-state index in [1.165, 1.54) is 18.2 Å². The molecule has 0 aromatic rings. The average Bonchev–Trinajstić information content (AvgIpc) is 2.25. The number of ketones is 1. The van der Waals surface area contributed by atoms with Crippen LogP contribution in [-0.4, -0.2) is 23.6 Å². The molecule has 0 unspecified atom stereocenters. The maximum Gasteiger partial charge on any atom is 0.346 e. The molecule has 1 heterocycles. The first-order chi connectivity index (χ1) is 8.08. The molecular weight excluding hydrogens is 224 g/mol. The minimum Gasteiger partial charge on any atom is -0.861 e. The Balaban J connectivity index is 2.32. The van der Waals surface area contributed by atoms with E-state index in [2.05, 4.69) is 4.99 Å². The summed E-state index contributed by atoms with van der Waals surface area (Å²) in [7, 11) is 0. The van der Waals surface area contributed by atoms with Crippen molar-refractivity contribution in [3.8, 4) is 0 Å². The summed E-state index contributed by atoms with van der Waals surface area (Å²) in [6.45, 7) is 0. The van der Waals surface area contributed by atoms with Crippen molar-refractivity contribution in [3.63, 3.8) is 0 Å². The largest absolute Gasteiger partial charge is 0.861 e. The van der Waals surface area contributed by atoms with Gasteiger partial charge in [0.25, 0.3) is 0 Å². The molecule has 0 saturated carbocycles. The molecule has 1 N–H and O–H groups in total. The number of aliphatic imine (C=N–C) groups is 1. The molecule has 86 valence electrons. The quantitative estimate of drug-likeness (QED) is 0.599. The molecule has 0 saturated heterocycles. The fraction of sp³-hybridized carbons (Fsp3) is 0.0909. The summed E-state index contributed by atoms with van der Waals surface area (Å²) in [5, 5.41) is 13.2. The zero-order valence-corrected chi connectivity index (χ0v) is 8.54. The van der Waals surface area contributed by atoms with Gasteiger partial charge in [-0.1, -0.05) is 24.3 Å². The number of nitrogens with zero attached hydrogens (tertiary/aromatic N) is 1. The van der Waals surface area contributed by atoms with Crippen molar-refractivity contribution in [2.45, 2.75) is 0 Å². The van der Waals surface area contributed by atoms with Crippen molar-refractivity contribution in [2.75, 3.05) is 0 Å². The summed E-state index contributed by atoms with van der Waals surface area (Å²) >= 11 is 0. The van der Waals surface area contributed by atoms with Crippen LogP contribution in [0.2, 0.25) is 0 Å². The van der Waals surface area contributed by atoms with E-state index < -0.39 is 23.8 Å². The van der Waals surface area contributed by atoms with Crippen LogP contribution in [0.4, 0.5) is 4.79 Å². The second-order valence-electron chi connectivity index (χ2n) is 3.43. The summed E-state index contributed by atoms with van der Waals surface area (Å²) in [6, 6.07) is -0.972. The molecular formula is C11H7N2O4-. The van der Waals surface area contributed by atoms with Gasteiger partial charge in [0.05, 0.1) is 5.92 Å². The van der Waals surface area contributed by atoms with Crippen molar-refractivity contribution < 1.29 is 19.5 Å². The number of rotatable bonds is 1. The lowest BCUT2D eigenvalue weighted by Crippen LogP contribution is -2.47. The molecule has 17 heavy (non-hydrogen) atoms. The summed E-state index contributed by atoms with van der Waals surface area (Å²) in [6.07, 6.45) is 7.17. The molecule has 2 rings (SSSR count). The molecule has 0 bridgehead atoms. The summed E-state index contributed by atoms with van der Waals surface area (Å²) in [4.78, 5) is 36.6. The molecule has 0 aromatic heterocycles. The Kier molecular flexibility index (Phi) is 2.70. The Morgan fingerprint density at radius 1 is 1.24 bits per heavy atom. The first-order valence-electron chi connectivity index (χ1n) is 4.79. The number of hydrogen-bond donors (Lipinski definition) is 1. The van der Waals surface area contributed by atoms with Gasteiger partial charge >= 0.3 is 6.03 Å². The van der Waals surface area contributed by atoms with E-state index in [9.17, 15) is 19.5 Å². The standard InChI is InChI=1S/C11H8N2O4/c14-8-4-2-1-3-6(8)5-7-9(15)12-11(17)13-10(7)16/h1-5,7H,(H2,12,13,15,16,17)/p-1/b6-5+. The third-order valence-corrected chi connectivity index (χ3v) is 2.26. The first-order valence-corrected chi connectivity index (χ1v) is 4.79. The molecule has 2 aliphatic rings. The summed E-state index contributed by atoms with van der Waals surface area (Å²) in [5.41, 5.74) is 0.227. The highest BCUT2D eigenvalue weighted by Crippen LogP contribution is 2.13. The van der Waals surface area contributed by atoms with Crippen LogP contribution in [0, 0.1) is 5.92 Å². The summed E-state index contributed by atoms with van der Waals surface area (Å²) < 4.78 is 0. The van der Waals surface area contributed by atoms with E-state index >= 15 is 0 Å². The van der Waals surface area contributed by atoms with Crippen LogP contribution in [0.5, 0.6) is 0 Å². The fourth-order valence-corrected chi connectivity index (χ4v) is 1.44. The second kappa shape index (κ2) is 4.17. The average molecular weight is 231 g/mol. The van der Waals surface area contributed by atoms with Crippen LogP contribution < -0.4 is 10.4 Å². The number of hydrogen-bond acceptors (Lipinski definition) is 4. The van der Waals surface area contributed by atoms with Crippen molar-refractivity contribution in [3.05, 3.63) is 36.0 Å². The minimum atomic E-state index is -1.22. The maximum absolute atomic E-state index is 11.4. The highest BCUT2D eigenvalue weighted by molar-refractivity contribution is 6.15. The van der Waals surface area contributed by atoms with Crippen LogP contribution >= 0.6 is 0 Å². The highest BCUT2D eigenvalue weighted by atomic mass is 16.3. The number of carbonyl (C=O) groups excluding carboxylic acids is 3. The van der Waals surface area contributed by atoms with Gasteiger partial charge in [-0.3, -0.25) is 14.9 Å². The lowest BCUT2D eigenvalue weighted by atomic mass is 9.98. The van der Waals surface area contributed by atoms with E-state index in [1.807, 2.05) is 5.32 Å². The van der Waals surface area contributed by atoms with E-state index in [0.717, 1.165) is 0 Å². The zero-order chi connectivity index (χ0) is 12.4. The highest BCUT2D eigenvalue weighted by Gasteiger charge is 2.24. The SMILES string of the molecule is O=C1N=C([O-])[C@@H](/C=C2\C=CC=CC2=O)C(=O)N1. The smallest absolute Gasteiger partial charge is 0.346 e. The lowest BCUT2D eigenvalue weighted by Gasteiger charge is -2.23. The van der Waals surface area contributed by atoms with Crippen molar-refractivity contribution in [1.82, 2.24) is 5.32 Å². The molecule has 6 heteroatoms. The number of carbonyl (C=O) groups is 3. The number of amides is 3. The molecule has 0 fully saturated rings. The number of allylic oxidation sites excluding steroid dienone is 5. The van der Waals surface area contributed by atoms with Gasteiger partial charge in [0.15, 0.2) is 5.78 Å². The zero-order valence-electron chi connectivity index (χ0n) is 8.54. The van der Waals surface area contributed by atoms with E-state index in [-0.39, 0.29) is 11.4 Å². The number of imide groups is 1. The van der Waals surface area contributed by atoms with E-state index in [1.54, 1.807) is 12.2 Å². The first kappa shape index (κ1) is 11.0. The van der Waals surface area contributed by atoms with Crippen LogP contribution in [0.3, 0.4) is 0 Å². The van der Waals surface area contributed by atoms with Gasteiger partial charge in [0.2, 0.25) is 5.91 Å². The van der Waals surface area contributed by atoms with Gasteiger partial charge in [0, 0.05) is 5.57 Å². The van der Waals surface area contributed by atoms with E-state index in [0.29, 0.717) is 0 Å². The second-order valence-corrected chi connectivity index (χ2v) is 3.43. The predicted molar refractivity (Wildman–Crippen MR) is 55.8 cm³/mol. The van der Waals surface area contributed by atoms with Crippen LogP contribution in [-0.2, 0) is 9.59 Å². The number of urea groups is 1. The van der Waals surface area contributed by atoms with Crippen molar-refractivity contribution in [1.29, 1.82) is 0 Å². The third-order valence-electron chi connectivity index (χ3n) is 2.26. The molecule has 3 amide bonds. The van der Waals surface area contributed by atoms with Gasteiger partial charge < -0.3 is 5.11 Å². The molecule has 0 spiro atoms. The molecule has 0 aromatic carbocycles. The fourth-order valence-electron chi connectivity index (χ4n) is 1.44. The summed E-state index contributed by atoms with van der Waals surface area (Å²) in [5.74, 6) is -3.15. The Morgan fingerprint density at radius 2 is 1.94 bits per heavy atom. The Labute approximate surface area is 96.0 Å². The number of nitrogens with one attached hydrogen (secondary N) is 1. The van der Waals surface area contributed by atoms with Gasteiger partial charge in [-0.05, 0) is 12.0 Å². The van der Waals surface area contributed by atoms with Crippen LogP contribution in [0.25, 0.3) is 0 Å². The molecule has 1 aliphatic heterocycles. The molecule has 6 nitrogen and oxygen atoms in total.